The zero-order valence-corrected chi connectivity index (χ0v) is 26.1. The molecule has 0 bridgehead atoms. The fourth-order valence-electron chi connectivity index (χ4n) is 4.71. The van der Waals surface area contributed by atoms with Crippen LogP contribution in [0.2, 0.25) is 0 Å². The van der Waals surface area contributed by atoms with Crippen molar-refractivity contribution < 1.29 is 33.8 Å². The molecule has 10 heteroatoms. The van der Waals surface area contributed by atoms with Crippen molar-refractivity contribution in [1.82, 2.24) is 15.1 Å². The molecule has 0 aliphatic carbocycles. The first-order valence-electron chi connectivity index (χ1n) is 15.2. The molecule has 2 heterocycles. The summed E-state index contributed by atoms with van der Waals surface area (Å²) >= 11 is 0. The number of carboxylic acids is 1. The molecule has 2 fully saturated rings. The predicted molar refractivity (Wildman–Crippen MR) is 155 cm³/mol. The highest BCUT2D eigenvalue weighted by Gasteiger charge is 2.35. The van der Waals surface area contributed by atoms with Gasteiger partial charge in [0.15, 0.2) is 0 Å². The number of carboxylic acid groups (broad SMARTS) is 1. The Balaban J connectivity index is 0.000000433. The average molecular weight is 570 g/mol. The highest BCUT2D eigenvalue weighted by Crippen LogP contribution is 2.22. The summed E-state index contributed by atoms with van der Waals surface area (Å²) in [5, 5.41) is 12.0. The lowest BCUT2D eigenvalue weighted by Crippen LogP contribution is -2.53. The molecule has 0 spiro atoms. The summed E-state index contributed by atoms with van der Waals surface area (Å²) < 4.78 is 10.6. The smallest absolute Gasteiger partial charge is 0.411 e. The van der Waals surface area contributed by atoms with Crippen molar-refractivity contribution >= 4 is 24.1 Å². The molecular formula is C30H55N3O7. The van der Waals surface area contributed by atoms with Crippen LogP contribution >= 0.6 is 0 Å². The van der Waals surface area contributed by atoms with E-state index in [4.69, 9.17) is 14.6 Å². The quantitative estimate of drug-likeness (QED) is 0.321. The second kappa shape index (κ2) is 17.3. The lowest BCUT2D eigenvalue weighted by Gasteiger charge is -2.35. The summed E-state index contributed by atoms with van der Waals surface area (Å²) in [5.41, 5.74) is -1.12. The van der Waals surface area contributed by atoms with E-state index in [0.717, 1.165) is 44.9 Å². The van der Waals surface area contributed by atoms with Crippen LogP contribution < -0.4 is 5.32 Å². The number of carbonyl (C=O) groups excluding carboxylic acids is 3. The van der Waals surface area contributed by atoms with Gasteiger partial charge in [-0.05, 0) is 86.5 Å². The van der Waals surface area contributed by atoms with E-state index >= 15 is 0 Å². The van der Waals surface area contributed by atoms with Crippen LogP contribution in [0.1, 0.15) is 126 Å². The van der Waals surface area contributed by atoms with E-state index in [9.17, 15) is 19.2 Å². The second-order valence-corrected chi connectivity index (χ2v) is 12.8. The van der Waals surface area contributed by atoms with Crippen LogP contribution in [-0.2, 0) is 19.1 Å². The summed E-state index contributed by atoms with van der Waals surface area (Å²) in [6, 6.07) is -1.11. The van der Waals surface area contributed by atoms with Crippen molar-refractivity contribution in [3.05, 3.63) is 0 Å². The fourth-order valence-corrected chi connectivity index (χ4v) is 4.71. The molecule has 3 amide bonds. The Morgan fingerprint density at radius 2 is 1.18 bits per heavy atom. The number of hydrogen-bond acceptors (Lipinski definition) is 6. The number of unbranched alkanes of at least 4 members (excludes halogenated alkanes) is 5. The minimum absolute atomic E-state index is 0.0332. The first-order chi connectivity index (χ1) is 18.7. The maximum absolute atomic E-state index is 12.5. The fraction of sp³-hybridized carbons (Fsp3) is 0.867. The lowest BCUT2D eigenvalue weighted by molar-refractivity contribution is -0.144. The monoisotopic (exact) mass is 569 g/mol. The standard InChI is InChI=1S/C19H36N2O3.C11H19NO4/c1-5-6-7-8-9-11-14-20-17(22)16-13-10-12-15-21(16)18(23)24-19(2,3)4;1-11(2,3)16-10(15)12-7-5-4-6-8(12)9(13)14/h16H,5-15H2,1-4H3,(H,20,22);8H,4-7H2,1-3H3,(H,13,14)/t16-;8-/m11/s1. The van der Waals surface area contributed by atoms with Crippen LogP contribution in [0.15, 0.2) is 0 Å². The van der Waals surface area contributed by atoms with Gasteiger partial charge in [0.1, 0.15) is 23.3 Å². The Kier molecular flexibility index (Phi) is 15.4. The number of carbonyl (C=O) groups is 4. The Labute approximate surface area is 241 Å². The molecule has 0 aromatic heterocycles. The number of likely N-dealkylation sites (tertiary alicyclic amines) is 2. The molecule has 0 saturated carbocycles. The topological polar surface area (TPSA) is 125 Å². The van der Waals surface area contributed by atoms with Gasteiger partial charge in [0.2, 0.25) is 5.91 Å². The molecule has 2 aliphatic rings. The van der Waals surface area contributed by atoms with Crippen molar-refractivity contribution in [2.75, 3.05) is 19.6 Å². The molecule has 0 unspecified atom stereocenters. The van der Waals surface area contributed by atoms with Crippen molar-refractivity contribution in [1.29, 1.82) is 0 Å². The van der Waals surface area contributed by atoms with Gasteiger partial charge in [-0.1, -0.05) is 39.0 Å². The first-order valence-corrected chi connectivity index (χ1v) is 15.2. The van der Waals surface area contributed by atoms with Crippen LogP contribution in [0.25, 0.3) is 0 Å². The highest BCUT2D eigenvalue weighted by molar-refractivity contribution is 5.86. The van der Waals surface area contributed by atoms with Gasteiger partial charge in [-0.3, -0.25) is 14.6 Å². The molecule has 2 saturated heterocycles. The average Bonchev–Trinajstić information content (AvgIpc) is 2.86. The van der Waals surface area contributed by atoms with Crippen LogP contribution in [-0.4, -0.2) is 81.9 Å². The first kappa shape index (κ1) is 35.5. The number of hydrogen-bond donors (Lipinski definition) is 2. The molecule has 0 aromatic carbocycles. The number of ether oxygens (including phenoxy) is 2. The molecule has 2 aliphatic heterocycles. The molecule has 232 valence electrons. The third-order valence-electron chi connectivity index (χ3n) is 6.68. The normalized spacial score (nSPS) is 19.7. The molecule has 0 aromatic rings. The third kappa shape index (κ3) is 14.2. The van der Waals surface area contributed by atoms with Gasteiger partial charge >= 0.3 is 18.2 Å². The number of piperidine rings is 2. The molecule has 40 heavy (non-hydrogen) atoms. The summed E-state index contributed by atoms with van der Waals surface area (Å²) in [4.78, 5) is 50.5. The van der Waals surface area contributed by atoms with Gasteiger partial charge in [-0.25, -0.2) is 14.4 Å². The molecule has 2 rings (SSSR count). The molecule has 2 atom stereocenters. The zero-order chi connectivity index (χ0) is 30.3. The van der Waals surface area contributed by atoms with E-state index in [0.29, 0.717) is 26.1 Å². The largest absolute Gasteiger partial charge is 0.480 e. The van der Waals surface area contributed by atoms with Gasteiger partial charge in [0.25, 0.3) is 0 Å². The van der Waals surface area contributed by atoms with Crippen molar-refractivity contribution in [3.63, 3.8) is 0 Å². The van der Waals surface area contributed by atoms with Crippen LogP contribution in [0.3, 0.4) is 0 Å². The third-order valence-corrected chi connectivity index (χ3v) is 6.68. The number of rotatable bonds is 9. The molecule has 0 radical (unpaired) electrons. The second-order valence-electron chi connectivity index (χ2n) is 12.8. The number of nitrogens with zero attached hydrogens (tertiary/aromatic N) is 2. The Hall–Kier alpha value is -2.52. The van der Waals surface area contributed by atoms with Crippen molar-refractivity contribution in [2.45, 2.75) is 149 Å². The van der Waals surface area contributed by atoms with E-state index in [1.165, 1.54) is 30.6 Å². The minimum atomic E-state index is -0.953. The van der Waals surface area contributed by atoms with E-state index in [-0.39, 0.29) is 18.0 Å². The van der Waals surface area contributed by atoms with Crippen molar-refractivity contribution in [2.24, 2.45) is 0 Å². The van der Waals surface area contributed by atoms with E-state index < -0.39 is 29.3 Å². The van der Waals surface area contributed by atoms with Gasteiger partial charge < -0.3 is 19.9 Å². The van der Waals surface area contributed by atoms with Crippen LogP contribution in [0, 0.1) is 0 Å². The lowest BCUT2D eigenvalue weighted by atomic mass is 10.0. The Morgan fingerprint density at radius 1 is 0.725 bits per heavy atom. The SMILES string of the molecule is CC(C)(C)OC(=O)N1CCCC[C@@H]1C(=O)O.CCCCCCCCNC(=O)[C@H]1CCCCN1C(=O)OC(C)(C)C. The van der Waals surface area contributed by atoms with Crippen LogP contribution in [0.4, 0.5) is 9.59 Å². The van der Waals surface area contributed by atoms with E-state index in [2.05, 4.69) is 12.2 Å². The molecule has 10 nitrogen and oxygen atoms in total. The Bertz CT molecular complexity index is 804. The summed E-state index contributed by atoms with van der Waals surface area (Å²) in [7, 11) is 0. The maximum atomic E-state index is 12.5. The Morgan fingerprint density at radius 3 is 1.65 bits per heavy atom. The van der Waals surface area contributed by atoms with Crippen molar-refractivity contribution in [3.8, 4) is 0 Å². The molecule has 2 N–H and O–H groups in total. The number of aliphatic carboxylic acids is 1. The molecular weight excluding hydrogens is 514 g/mol. The highest BCUT2D eigenvalue weighted by atomic mass is 16.6. The summed E-state index contributed by atoms with van der Waals surface area (Å²) in [6.07, 6.45) is 11.1. The van der Waals surface area contributed by atoms with Gasteiger partial charge in [0.05, 0.1) is 0 Å². The predicted octanol–water partition coefficient (Wildman–Crippen LogP) is 6.11. The maximum Gasteiger partial charge on any atom is 0.411 e. The zero-order valence-electron chi connectivity index (χ0n) is 26.1. The van der Waals surface area contributed by atoms with E-state index in [1.54, 1.807) is 25.7 Å². The van der Waals surface area contributed by atoms with E-state index in [1.807, 2.05) is 20.8 Å². The van der Waals surface area contributed by atoms with Gasteiger partial charge in [-0.2, -0.15) is 0 Å². The number of amides is 3. The summed E-state index contributed by atoms with van der Waals surface area (Å²) in [6.45, 7) is 14.8. The number of nitrogens with one attached hydrogen (secondary N) is 1. The van der Waals surface area contributed by atoms with Crippen LogP contribution in [0.5, 0.6) is 0 Å². The van der Waals surface area contributed by atoms with Gasteiger partial charge in [0, 0.05) is 19.6 Å². The minimum Gasteiger partial charge on any atom is -0.480 e. The van der Waals surface area contributed by atoms with Gasteiger partial charge in [-0.15, -0.1) is 0 Å². The summed E-state index contributed by atoms with van der Waals surface area (Å²) in [5.74, 6) is -0.986.